The van der Waals surface area contributed by atoms with E-state index in [0.717, 1.165) is 18.5 Å². The van der Waals surface area contributed by atoms with Crippen molar-refractivity contribution in [3.05, 3.63) is 48.4 Å². The number of rotatable bonds is 8. The van der Waals surface area contributed by atoms with Crippen LogP contribution in [0.5, 0.6) is 0 Å². The van der Waals surface area contributed by atoms with E-state index < -0.39 is 0 Å². The van der Waals surface area contributed by atoms with Gasteiger partial charge in [-0.3, -0.25) is 14.4 Å². The maximum Gasteiger partial charge on any atom is 0.286 e. The molecule has 1 aromatic carbocycles. The van der Waals surface area contributed by atoms with E-state index >= 15 is 0 Å². The lowest BCUT2D eigenvalue weighted by Crippen LogP contribution is -2.25. The molecule has 2 aromatic rings. The zero-order valence-electron chi connectivity index (χ0n) is 14.3. The Bertz CT molecular complexity index is 765. The highest BCUT2D eigenvalue weighted by Crippen LogP contribution is 2.30. The van der Waals surface area contributed by atoms with Crippen molar-refractivity contribution in [2.45, 2.75) is 25.7 Å². The minimum absolute atomic E-state index is 0.0541. The number of carbonyl (C=O) groups is 3. The Hall–Kier alpha value is -3.09. The van der Waals surface area contributed by atoms with Gasteiger partial charge in [0.15, 0.2) is 5.76 Å². The Balaban J connectivity index is 1.35. The van der Waals surface area contributed by atoms with E-state index in [2.05, 4.69) is 16.0 Å². The molecule has 1 aliphatic carbocycles. The Morgan fingerprint density at radius 2 is 1.69 bits per heavy atom. The Morgan fingerprint density at radius 1 is 1.00 bits per heavy atom. The van der Waals surface area contributed by atoms with Crippen LogP contribution in [-0.2, 0) is 9.59 Å². The van der Waals surface area contributed by atoms with Crippen LogP contribution in [0.1, 0.15) is 36.2 Å². The molecule has 0 aliphatic heterocycles. The Kier molecular flexibility index (Phi) is 5.68. The van der Waals surface area contributed by atoms with Crippen molar-refractivity contribution in [1.29, 1.82) is 0 Å². The summed E-state index contributed by atoms with van der Waals surface area (Å²) >= 11 is 0. The second-order valence-corrected chi connectivity index (χ2v) is 6.23. The second kappa shape index (κ2) is 8.33. The average molecular weight is 355 g/mol. The van der Waals surface area contributed by atoms with Crippen LogP contribution in [0.4, 0.5) is 11.4 Å². The molecule has 3 rings (SSSR count). The highest BCUT2D eigenvalue weighted by molar-refractivity contribution is 5.95. The summed E-state index contributed by atoms with van der Waals surface area (Å²) in [7, 11) is 0. The maximum absolute atomic E-state index is 11.9. The van der Waals surface area contributed by atoms with Crippen molar-refractivity contribution in [1.82, 2.24) is 5.32 Å². The van der Waals surface area contributed by atoms with Gasteiger partial charge < -0.3 is 20.4 Å². The van der Waals surface area contributed by atoms with Gasteiger partial charge in [0.05, 0.1) is 6.26 Å². The van der Waals surface area contributed by atoms with Gasteiger partial charge in [-0.1, -0.05) is 0 Å². The Labute approximate surface area is 151 Å². The van der Waals surface area contributed by atoms with E-state index in [-0.39, 0.29) is 29.4 Å². The molecule has 136 valence electrons. The summed E-state index contributed by atoms with van der Waals surface area (Å²) in [4.78, 5) is 35.3. The van der Waals surface area contributed by atoms with Crippen LogP contribution < -0.4 is 16.0 Å². The minimum Gasteiger partial charge on any atom is -0.459 e. The van der Waals surface area contributed by atoms with Crippen LogP contribution >= 0.6 is 0 Å². The monoisotopic (exact) mass is 355 g/mol. The van der Waals surface area contributed by atoms with E-state index in [9.17, 15) is 14.4 Å². The molecular formula is C19H21N3O4. The molecule has 3 N–H and O–H groups in total. The zero-order valence-corrected chi connectivity index (χ0v) is 14.3. The molecule has 0 radical (unpaired) electrons. The van der Waals surface area contributed by atoms with Crippen molar-refractivity contribution in [2.24, 2.45) is 5.92 Å². The third-order valence-electron chi connectivity index (χ3n) is 4.00. The van der Waals surface area contributed by atoms with Crippen LogP contribution in [0.15, 0.2) is 47.1 Å². The highest BCUT2D eigenvalue weighted by atomic mass is 16.3. The molecular weight excluding hydrogens is 334 g/mol. The normalized spacial score (nSPS) is 13.1. The molecule has 1 fully saturated rings. The first-order valence-corrected chi connectivity index (χ1v) is 8.64. The fourth-order valence-corrected chi connectivity index (χ4v) is 2.40. The minimum atomic E-state index is -0.292. The van der Waals surface area contributed by atoms with Gasteiger partial charge >= 0.3 is 0 Å². The number of carbonyl (C=O) groups excluding carboxylic acids is 3. The number of furan rings is 1. The van der Waals surface area contributed by atoms with Crippen LogP contribution in [0.2, 0.25) is 0 Å². The van der Waals surface area contributed by atoms with E-state index in [0.29, 0.717) is 25.1 Å². The van der Waals surface area contributed by atoms with Gasteiger partial charge in [0.1, 0.15) is 0 Å². The van der Waals surface area contributed by atoms with Gasteiger partial charge in [-0.05, 0) is 55.7 Å². The number of hydrogen-bond acceptors (Lipinski definition) is 4. The van der Waals surface area contributed by atoms with E-state index in [1.54, 1.807) is 36.4 Å². The lowest BCUT2D eigenvalue weighted by molar-refractivity contribution is -0.117. The maximum atomic E-state index is 11.9. The fourth-order valence-electron chi connectivity index (χ4n) is 2.40. The summed E-state index contributed by atoms with van der Waals surface area (Å²) in [5.74, 6) is 0.0376. The van der Waals surface area contributed by atoms with E-state index in [4.69, 9.17) is 4.42 Å². The summed E-state index contributed by atoms with van der Waals surface area (Å²) < 4.78 is 4.98. The lowest BCUT2D eigenvalue weighted by atomic mass is 10.2. The molecule has 0 saturated heterocycles. The van der Waals surface area contributed by atoms with Gasteiger partial charge in [-0.2, -0.15) is 0 Å². The first kappa shape index (κ1) is 17.7. The fraction of sp³-hybridized carbons (Fsp3) is 0.316. The second-order valence-electron chi connectivity index (χ2n) is 6.23. The highest BCUT2D eigenvalue weighted by Gasteiger charge is 2.29. The summed E-state index contributed by atoms with van der Waals surface area (Å²) in [6.07, 6.45) is 4.17. The van der Waals surface area contributed by atoms with Gasteiger partial charge in [0.25, 0.3) is 5.91 Å². The number of nitrogens with one attached hydrogen (secondary N) is 3. The van der Waals surface area contributed by atoms with Crippen LogP contribution in [0.3, 0.4) is 0 Å². The van der Waals surface area contributed by atoms with E-state index in [1.165, 1.54) is 6.26 Å². The largest absolute Gasteiger partial charge is 0.459 e. The molecule has 7 nitrogen and oxygen atoms in total. The van der Waals surface area contributed by atoms with Gasteiger partial charge in [0, 0.05) is 30.3 Å². The summed E-state index contributed by atoms with van der Waals surface area (Å²) in [5, 5.41) is 8.33. The molecule has 0 spiro atoms. The number of amides is 3. The summed E-state index contributed by atoms with van der Waals surface area (Å²) in [5.41, 5.74) is 1.39. The molecule has 26 heavy (non-hydrogen) atoms. The molecule has 1 aliphatic rings. The quantitative estimate of drug-likeness (QED) is 0.634. The molecule has 1 aromatic heterocycles. The SMILES string of the molecule is O=C(CCCNC(=O)c1ccco1)Nc1ccc(NC(=O)C2CC2)cc1. The zero-order chi connectivity index (χ0) is 18.4. The van der Waals surface area contributed by atoms with Crippen LogP contribution in [0.25, 0.3) is 0 Å². The van der Waals surface area contributed by atoms with Crippen LogP contribution in [0, 0.1) is 5.92 Å². The molecule has 3 amide bonds. The average Bonchev–Trinajstić information content (AvgIpc) is 3.35. The molecule has 1 saturated carbocycles. The van der Waals surface area contributed by atoms with Crippen molar-refractivity contribution in [3.8, 4) is 0 Å². The molecule has 7 heteroatoms. The Morgan fingerprint density at radius 3 is 2.31 bits per heavy atom. The van der Waals surface area contributed by atoms with Crippen molar-refractivity contribution >= 4 is 29.1 Å². The van der Waals surface area contributed by atoms with E-state index in [1.807, 2.05) is 0 Å². The predicted molar refractivity (Wildman–Crippen MR) is 96.7 cm³/mol. The third-order valence-corrected chi connectivity index (χ3v) is 4.00. The van der Waals surface area contributed by atoms with Gasteiger partial charge in [-0.15, -0.1) is 0 Å². The van der Waals surface area contributed by atoms with Gasteiger partial charge in [-0.25, -0.2) is 0 Å². The van der Waals surface area contributed by atoms with Crippen molar-refractivity contribution in [2.75, 3.05) is 17.2 Å². The molecule has 0 atom stereocenters. The van der Waals surface area contributed by atoms with Crippen LogP contribution in [-0.4, -0.2) is 24.3 Å². The topological polar surface area (TPSA) is 100 Å². The van der Waals surface area contributed by atoms with Crippen molar-refractivity contribution in [3.63, 3.8) is 0 Å². The first-order valence-electron chi connectivity index (χ1n) is 8.64. The third kappa shape index (κ3) is 5.20. The summed E-state index contributed by atoms with van der Waals surface area (Å²) in [6.45, 7) is 0.388. The molecule has 1 heterocycles. The number of benzene rings is 1. The van der Waals surface area contributed by atoms with Gasteiger partial charge in [0.2, 0.25) is 11.8 Å². The molecule has 0 bridgehead atoms. The number of anilines is 2. The summed E-state index contributed by atoms with van der Waals surface area (Å²) in [6, 6.07) is 10.3. The lowest BCUT2D eigenvalue weighted by Gasteiger charge is -2.08. The smallest absolute Gasteiger partial charge is 0.286 e. The standard InChI is InChI=1S/C19H21N3O4/c23-17(4-1-11-20-19(25)16-3-2-12-26-16)21-14-7-9-15(10-8-14)22-18(24)13-5-6-13/h2-3,7-10,12-13H,1,4-6,11H2,(H,20,25)(H,21,23)(H,22,24). The first-order chi connectivity index (χ1) is 12.6. The molecule has 0 unspecified atom stereocenters. The van der Waals surface area contributed by atoms with Crippen molar-refractivity contribution < 1.29 is 18.8 Å². The number of hydrogen-bond donors (Lipinski definition) is 3. The predicted octanol–water partition coefficient (Wildman–Crippen LogP) is 2.78.